The average molecular weight is 703 g/mol. The van der Waals surface area contributed by atoms with Crippen LogP contribution in [0.25, 0.3) is 44.3 Å². The van der Waals surface area contributed by atoms with Crippen molar-refractivity contribution in [1.29, 1.82) is 0 Å². The number of nitrogens with one attached hydrogen (secondary N) is 2. The van der Waals surface area contributed by atoms with E-state index in [0.29, 0.717) is 44.9 Å². The van der Waals surface area contributed by atoms with E-state index in [9.17, 15) is 9.59 Å². The number of para-hydroxylation sites is 2. The molecule has 0 fully saturated rings. The van der Waals surface area contributed by atoms with Crippen LogP contribution in [0, 0.1) is 13.8 Å². The summed E-state index contributed by atoms with van der Waals surface area (Å²) in [5.74, 6) is -0.644. The molecule has 0 saturated carbocycles. The van der Waals surface area contributed by atoms with Crippen LogP contribution >= 0.6 is 0 Å². The van der Waals surface area contributed by atoms with Crippen LogP contribution in [0.2, 0.25) is 0 Å². The third-order valence-corrected chi connectivity index (χ3v) is 9.35. The molecule has 2 N–H and O–H groups in total. The van der Waals surface area contributed by atoms with Crippen molar-refractivity contribution < 1.29 is 9.59 Å². The second-order valence-electron chi connectivity index (χ2n) is 12.9. The number of anilines is 2. The monoisotopic (exact) mass is 702 g/mol. The first-order valence-electron chi connectivity index (χ1n) is 17.6. The molecule has 8 nitrogen and oxygen atoms in total. The van der Waals surface area contributed by atoms with Gasteiger partial charge in [-0.25, -0.2) is 9.97 Å². The fourth-order valence-electron chi connectivity index (χ4n) is 6.74. The van der Waals surface area contributed by atoms with E-state index in [0.717, 1.165) is 44.4 Å². The Kier molecular flexibility index (Phi) is 9.22. The first-order valence-corrected chi connectivity index (χ1v) is 17.6. The molecule has 8 aromatic rings. The van der Waals surface area contributed by atoms with Crippen molar-refractivity contribution in [2.45, 2.75) is 13.8 Å². The Bertz CT molecular complexity index is 2710. The lowest BCUT2D eigenvalue weighted by molar-refractivity contribution is 0.102. The molecule has 0 spiro atoms. The number of nitrogens with zero attached hydrogens (tertiary/aromatic N) is 4. The van der Waals surface area contributed by atoms with Gasteiger partial charge in [-0.1, -0.05) is 115 Å². The van der Waals surface area contributed by atoms with Crippen molar-refractivity contribution >= 4 is 56.4 Å². The highest BCUT2D eigenvalue weighted by atomic mass is 16.2. The van der Waals surface area contributed by atoms with Gasteiger partial charge in [0.05, 0.1) is 44.9 Å². The van der Waals surface area contributed by atoms with E-state index in [1.807, 2.05) is 153 Å². The summed E-state index contributed by atoms with van der Waals surface area (Å²) in [5, 5.41) is 16.6. The summed E-state index contributed by atoms with van der Waals surface area (Å²) >= 11 is 0. The summed E-state index contributed by atoms with van der Waals surface area (Å²) in [6, 6.07) is 49.4. The predicted molar refractivity (Wildman–Crippen MR) is 217 cm³/mol. The first-order chi connectivity index (χ1) is 26.4. The van der Waals surface area contributed by atoms with Gasteiger partial charge in [0, 0.05) is 27.6 Å². The van der Waals surface area contributed by atoms with Crippen molar-refractivity contribution in [3.63, 3.8) is 0 Å². The average Bonchev–Trinajstić information content (AvgIpc) is 3.21. The van der Waals surface area contributed by atoms with E-state index in [-0.39, 0.29) is 11.8 Å². The van der Waals surface area contributed by atoms with E-state index in [4.69, 9.17) is 9.97 Å². The molecule has 0 aliphatic carbocycles. The molecule has 2 heterocycles. The highest BCUT2D eigenvalue weighted by Gasteiger charge is 2.22. The Hall–Kier alpha value is -7.32. The Morgan fingerprint density at radius 1 is 0.500 bits per heavy atom. The molecule has 54 heavy (non-hydrogen) atoms. The van der Waals surface area contributed by atoms with Crippen LogP contribution in [-0.2, 0) is 0 Å². The normalized spacial score (nSPS) is 11.2. The highest BCUT2D eigenvalue weighted by molar-refractivity contribution is 6.17. The maximum Gasteiger partial charge on any atom is 0.256 e. The zero-order chi connectivity index (χ0) is 37.0. The van der Waals surface area contributed by atoms with Crippen LogP contribution in [0.15, 0.2) is 168 Å². The number of rotatable bonds is 8. The number of aromatic nitrogens is 2. The quantitative estimate of drug-likeness (QED) is 0.154. The lowest BCUT2D eigenvalue weighted by Crippen LogP contribution is -2.17. The van der Waals surface area contributed by atoms with E-state index < -0.39 is 0 Å². The van der Waals surface area contributed by atoms with Gasteiger partial charge in [-0.15, -0.1) is 5.11 Å². The molecule has 0 atom stereocenters. The number of carbonyl (C=O) groups excluding carboxylic acids is 2. The van der Waals surface area contributed by atoms with Crippen molar-refractivity contribution in [3.8, 4) is 22.5 Å². The van der Waals surface area contributed by atoms with Gasteiger partial charge in [0.1, 0.15) is 5.69 Å². The summed E-state index contributed by atoms with van der Waals surface area (Å²) in [5.41, 5.74) is 9.13. The molecule has 6 aromatic carbocycles. The second-order valence-corrected chi connectivity index (χ2v) is 12.9. The minimum Gasteiger partial charge on any atom is -0.322 e. The first kappa shape index (κ1) is 33.8. The standard InChI is InChI=1S/C46H34N6O2/c1-29-41(35-22-12-14-24-37(35)48-43(29)31-16-6-3-7-17-31)45(53)47-34-26-27-39(52-51-33-20-10-5-11-21-33)40(28-34)50-46(54)42-30(2)44(32-18-8-4-9-19-32)49-38-25-15-13-23-36(38)42/h3-28H,1-2H3,(H,47,53)(H,50,54). The lowest BCUT2D eigenvalue weighted by Gasteiger charge is -2.17. The van der Waals surface area contributed by atoms with Crippen LogP contribution < -0.4 is 10.6 Å². The van der Waals surface area contributed by atoms with Crippen LogP contribution in [0.1, 0.15) is 31.8 Å². The molecule has 0 aliphatic heterocycles. The number of carbonyl (C=O) groups is 2. The summed E-state index contributed by atoms with van der Waals surface area (Å²) < 4.78 is 0. The van der Waals surface area contributed by atoms with Gasteiger partial charge >= 0.3 is 0 Å². The van der Waals surface area contributed by atoms with Crippen LogP contribution in [-0.4, -0.2) is 21.8 Å². The van der Waals surface area contributed by atoms with Crippen LogP contribution in [0.3, 0.4) is 0 Å². The summed E-state index contributed by atoms with van der Waals surface area (Å²) in [6.07, 6.45) is 0. The number of amides is 2. The largest absolute Gasteiger partial charge is 0.322 e. The topological polar surface area (TPSA) is 109 Å². The van der Waals surface area contributed by atoms with E-state index in [2.05, 4.69) is 20.9 Å². The van der Waals surface area contributed by atoms with Crippen LogP contribution in [0.5, 0.6) is 0 Å². The molecular weight excluding hydrogens is 669 g/mol. The highest BCUT2D eigenvalue weighted by Crippen LogP contribution is 2.35. The Morgan fingerprint density at radius 3 is 1.50 bits per heavy atom. The minimum absolute atomic E-state index is 0.303. The van der Waals surface area contributed by atoms with Gasteiger partial charge in [-0.2, -0.15) is 5.11 Å². The predicted octanol–water partition coefficient (Wildman–Crippen LogP) is 11.7. The van der Waals surface area contributed by atoms with Gasteiger partial charge in [0.2, 0.25) is 0 Å². The number of hydrogen-bond donors (Lipinski definition) is 2. The fraction of sp³-hybridized carbons (Fsp3) is 0.0435. The number of hydrogen-bond acceptors (Lipinski definition) is 6. The van der Waals surface area contributed by atoms with Crippen molar-refractivity contribution in [1.82, 2.24) is 9.97 Å². The van der Waals surface area contributed by atoms with E-state index in [1.165, 1.54) is 0 Å². The zero-order valence-electron chi connectivity index (χ0n) is 29.6. The number of benzene rings is 6. The van der Waals surface area contributed by atoms with Gasteiger partial charge in [-0.05, 0) is 67.4 Å². The molecule has 0 unspecified atom stereocenters. The van der Waals surface area contributed by atoms with E-state index in [1.54, 1.807) is 18.2 Å². The molecule has 0 saturated heterocycles. The Balaban J connectivity index is 1.20. The minimum atomic E-state index is -0.341. The molecule has 2 amide bonds. The molecule has 260 valence electrons. The zero-order valence-corrected chi connectivity index (χ0v) is 29.6. The molecule has 0 bridgehead atoms. The number of pyridine rings is 2. The number of fused-ring (bicyclic) bond motifs is 2. The molecule has 0 radical (unpaired) electrons. The van der Waals surface area contributed by atoms with Gasteiger partial charge < -0.3 is 10.6 Å². The number of azo groups is 1. The maximum atomic E-state index is 14.5. The SMILES string of the molecule is Cc1c(-c2ccccc2)nc2ccccc2c1C(=O)Nc1ccc(N=Nc2ccccc2)c(NC(=O)c2c(C)c(-c3ccccc3)nc3ccccc23)c1. The van der Waals surface area contributed by atoms with Gasteiger partial charge in [-0.3, -0.25) is 9.59 Å². The Labute approximate surface area is 312 Å². The summed E-state index contributed by atoms with van der Waals surface area (Å²) in [4.78, 5) is 38.6. The maximum absolute atomic E-state index is 14.5. The summed E-state index contributed by atoms with van der Waals surface area (Å²) in [7, 11) is 0. The van der Waals surface area contributed by atoms with E-state index >= 15 is 0 Å². The van der Waals surface area contributed by atoms with Crippen molar-refractivity contribution in [2.24, 2.45) is 10.2 Å². The third-order valence-electron chi connectivity index (χ3n) is 9.35. The molecule has 8 rings (SSSR count). The third kappa shape index (κ3) is 6.71. The molecule has 8 heteroatoms. The second kappa shape index (κ2) is 14.7. The van der Waals surface area contributed by atoms with Gasteiger partial charge in [0.25, 0.3) is 11.8 Å². The van der Waals surface area contributed by atoms with Gasteiger partial charge in [0.15, 0.2) is 0 Å². The van der Waals surface area contributed by atoms with Crippen molar-refractivity contribution in [2.75, 3.05) is 10.6 Å². The summed E-state index contributed by atoms with van der Waals surface area (Å²) in [6.45, 7) is 3.83. The molecular formula is C46H34N6O2. The molecule has 2 aromatic heterocycles. The fourth-order valence-corrected chi connectivity index (χ4v) is 6.74. The Morgan fingerprint density at radius 2 is 0.963 bits per heavy atom. The van der Waals surface area contributed by atoms with Crippen LogP contribution in [0.4, 0.5) is 22.7 Å². The molecule has 0 aliphatic rings. The lowest BCUT2D eigenvalue weighted by atomic mass is 9.97. The van der Waals surface area contributed by atoms with Crippen molar-refractivity contribution in [3.05, 3.63) is 180 Å². The smallest absolute Gasteiger partial charge is 0.256 e.